The summed E-state index contributed by atoms with van der Waals surface area (Å²) in [6.07, 6.45) is 4.21. The molecule has 0 aliphatic carbocycles. The molecule has 0 radical (unpaired) electrons. The average molecular weight is 502 g/mol. The van der Waals surface area contributed by atoms with E-state index in [0.29, 0.717) is 6.54 Å². The van der Waals surface area contributed by atoms with Gasteiger partial charge in [-0.2, -0.15) is 0 Å². The Balaban J connectivity index is 0.00000280. The average Bonchev–Trinajstić information content (AvgIpc) is 3.09. The van der Waals surface area contributed by atoms with Gasteiger partial charge in [-0.1, -0.05) is 0 Å². The van der Waals surface area contributed by atoms with Crippen LogP contribution in [0.4, 0.5) is 4.39 Å². The normalized spacial score (nSPS) is 15.4. The van der Waals surface area contributed by atoms with Crippen LogP contribution in [-0.2, 0) is 16.0 Å². The Morgan fingerprint density at radius 2 is 2.14 bits per heavy atom. The molecule has 1 saturated heterocycles. The van der Waals surface area contributed by atoms with Gasteiger partial charge >= 0.3 is 5.97 Å². The Kier molecular flexibility index (Phi) is 8.53. The maximum atomic E-state index is 13.5. The number of aliphatic imine (C=N–C) groups is 1. The molecule has 28 heavy (non-hydrogen) atoms. The molecule has 2 N–H and O–H groups in total. The van der Waals surface area contributed by atoms with Crippen LogP contribution in [-0.4, -0.2) is 55.1 Å². The zero-order valence-electron chi connectivity index (χ0n) is 16.3. The lowest BCUT2D eigenvalue weighted by Crippen LogP contribution is -2.46. The van der Waals surface area contributed by atoms with Crippen LogP contribution < -0.4 is 5.32 Å². The van der Waals surface area contributed by atoms with Crippen molar-refractivity contribution in [2.24, 2.45) is 10.9 Å². The summed E-state index contributed by atoms with van der Waals surface area (Å²) in [5.74, 6) is 0.499. The van der Waals surface area contributed by atoms with Crippen molar-refractivity contribution in [3.05, 3.63) is 35.8 Å². The number of esters is 1. The zero-order chi connectivity index (χ0) is 19.2. The van der Waals surface area contributed by atoms with Gasteiger partial charge in [-0.15, -0.1) is 24.0 Å². The third kappa shape index (κ3) is 5.36. The number of nitrogens with one attached hydrogen (secondary N) is 2. The predicted molar refractivity (Wildman–Crippen MR) is 120 cm³/mol. The molecule has 6 nitrogen and oxygen atoms in total. The fourth-order valence-electron chi connectivity index (χ4n) is 3.56. The number of fused-ring (bicyclic) bond motifs is 1. The lowest BCUT2D eigenvalue weighted by Gasteiger charge is -2.33. The molecule has 0 unspecified atom stereocenters. The summed E-state index contributed by atoms with van der Waals surface area (Å²) >= 11 is 0. The van der Waals surface area contributed by atoms with E-state index in [0.717, 1.165) is 61.3 Å². The van der Waals surface area contributed by atoms with Crippen LogP contribution in [0.3, 0.4) is 0 Å². The second-order valence-electron chi connectivity index (χ2n) is 6.77. The number of benzene rings is 1. The van der Waals surface area contributed by atoms with Crippen LogP contribution in [0, 0.1) is 11.7 Å². The number of nitrogens with zero attached hydrogens (tertiary/aromatic N) is 2. The molecule has 0 spiro atoms. The first-order chi connectivity index (χ1) is 13.1. The second kappa shape index (κ2) is 10.6. The van der Waals surface area contributed by atoms with Crippen molar-refractivity contribution in [1.29, 1.82) is 0 Å². The van der Waals surface area contributed by atoms with E-state index in [2.05, 4.69) is 15.2 Å². The summed E-state index contributed by atoms with van der Waals surface area (Å²) in [6, 6.07) is 4.78. The number of carbonyl (C=O) groups is 1. The third-order valence-electron chi connectivity index (χ3n) is 5.04. The number of H-pyrrole nitrogens is 1. The number of ether oxygens (including phenoxy) is 1. The van der Waals surface area contributed by atoms with Crippen molar-refractivity contribution in [2.75, 3.05) is 33.3 Å². The molecule has 1 aliphatic rings. The van der Waals surface area contributed by atoms with Crippen LogP contribution in [0.25, 0.3) is 10.9 Å². The highest BCUT2D eigenvalue weighted by Gasteiger charge is 2.26. The summed E-state index contributed by atoms with van der Waals surface area (Å²) in [6.45, 7) is 5.00. The zero-order valence-corrected chi connectivity index (χ0v) is 18.7. The first-order valence-electron chi connectivity index (χ1n) is 9.49. The summed E-state index contributed by atoms with van der Waals surface area (Å²) in [7, 11) is 1.44. The van der Waals surface area contributed by atoms with E-state index < -0.39 is 0 Å². The first kappa shape index (κ1) is 22.4. The van der Waals surface area contributed by atoms with Gasteiger partial charge in [-0.25, -0.2) is 4.39 Å². The largest absolute Gasteiger partial charge is 0.469 e. The van der Waals surface area contributed by atoms with Crippen LogP contribution in [0.2, 0.25) is 0 Å². The van der Waals surface area contributed by atoms with E-state index in [9.17, 15) is 9.18 Å². The topological polar surface area (TPSA) is 69.7 Å². The number of halogens is 2. The van der Waals surface area contributed by atoms with Gasteiger partial charge in [0.1, 0.15) is 5.82 Å². The smallest absolute Gasteiger partial charge is 0.308 e. The molecule has 3 rings (SSSR count). The molecular weight excluding hydrogens is 474 g/mol. The van der Waals surface area contributed by atoms with Crippen molar-refractivity contribution in [3.8, 4) is 0 Å². The van der Waals surface area contributed by atoms with Crippen molar-refractivity contribution in [3.63, 3.8) is 0 Å². The van der Waals surface area contributed by atoms with E-state index in [1.165, 1.54) is 13.2 Å². The van der Waals surface area contributed by atoms with Crippen LogP contribution in [0.1, 0.15) is 25.3 Å². The number of guanidine groups is 1. The first-order valence-corrected chi connectivity index (χ1v) is 9.49. The van der Waals surface area contributed by atoms with Crippen LogP contribution in [0.5, 0.6) is 0 Å². The highest BCUT2D eigenvalue weighted by Crippen LogP contribution is 2.21. The SMILES string of the molecule is CCNC(=NCCc1c[nH]c2ccc(F)cc12)N1CCC(C(=O)OC)CC1.I. The summed E-state index contributed by atoms with van der Waals surface area (Å²) < 4.78 is 18.4. The lowest BCUT2D eigenvalue weighted by molar-refractivity contribution is -0.146. The van der Waals surface area contributed by atoms with E-state index >= 15 is 0 Å². The fourth-order valence-corrected chi connectivity index (χ4v) is 3.56. The molecule has 0 saturated carbocycles. The van der Waals surface area contributed by atoms with Crippen molar-refractivity contribution < 1.29 is 13.9 Å². The number of methoxy groups -OCH3 is 1. The Bertz CT molecular complexity index is 816. The Hall–Kier alpha value is -1.84. The predicted octanol–water partition coefficient (Wildman–Crippen LogP) is 3.32. The summed E-state index contributed by atoms with van der Waals surface area (Å²) in [5.41, 5.74) is 2.00. The number of rotatable bonds is 5. The molecule has 1 aromatic carbocycles. The highest BCUT2D eigenvalue weighted by atomic mass is 127. The number of hydrogen-bond acceptors (Lipinski definition) is 3. The molecule has 0 bridgehead atoms. The summed E-state index contributed by atoms with van der Waals surface area (Å²) in [4.78, 5) is 21.8. The molecular formula is C20H28FIN4O2. The van der Waals surface area contributed by atoms with Gasteiger partial charge in [0, 0.05) is 43.3 Å². The molecule has 1 aliphatic heterocycles. The quantitative estimate of drug-likeness (QED) is 0.285. The van der Waals surface area contributed by atoms with Crippen LogP contribution in [0.15, 0.2) is 29.4 Å². The molecule has 1 aromatic heterocycles. The number of piperidine rings is 1. The Morgan fingerprint density at radius 3 is 2.82 bits per heavy atom. The highest BCUT2D eigenvalue weighted by molar-refractivity contribution is 14.0. The number of carbonyl (C=O) groups excluding carboxylic acids is 1. The van der Waals surface area contributed by atoms with E-state index in [1.807, 2.05) is 13.1 Å². The lowest BCUT2D eigenvalue weighted by atomic mass is 9.97. The van der Waals surface area contributed by atoms with Crippen molar-refractivity contribution >= 4 is 46.8 Å². The molecule has 0 amide bonds. The Morgan fingerprint density at radius 1 is 1.39 bits per heavy atom. The molecule has 0 atom stereocenters. The standard InChI is InChI=1S/C20H27FN4O2.HI/c1-3-22-20(25-10-7-14(8-11-25)19(26)27-2)23-9-6-15-13-24-18-5-4-16(21)12-17(15)18;/h4-5,12-14,24H,3,6-11H2,1-2H3,(H,22,23);1H. The van der Waals surface area contributed by atoms with E-state index in [4.69, 9.17) is 9.73 Å². The number of likely N-dealkylation sites (tertiary alicyclic amines) is 1. The van der Waals surface area contributed by atoms with E-state index in [1.54, 1.807) is 12.1 Å². The second-order valence-corrected chi connectivity index (χ2v) is 6.77. The van der Waals surface area contributed by atoms with Crippen molar-refractivity contribution in [1.82, 2.24) is 15.2 Å². The minimum absolute atomic E-state index is 0. The number of hydrogen-bond donors (Lipinski definition) is 2. The molecule has 154 valence electrons. The molecule has 1 fully saturated rings. The number of aromatic nitrogens is 1. The van der Waals surface area contributed by atoms with Gasteiger partial charge in [0.15, 0.2) is 5.96 Å². The van der Waals surface area contributed by atoms with Gasteiger partial charge in [0.2, 0.25) is 0 Å². The van der Waals surface area contributed by atoms with Gasteiger partial charge in [-0.05, 0) is 49.9 Å². The van der Waals surface area contributed by atoms with Gasteiger partial charge in [0.25, 0.3) is 0 Å². The fraction of sp³-hybridized carbons (Fsp3) is 0.500. The van der Waals surface area contributed by atoms with Gasteiger partial charge < -0.3 is 19.9 Å². The summed E-state index contributed by atoms with van der Waals surface area (Å²) in [5, 5.41) is 4.24. The third-order valence-corrected chi connectivity index (χ3v) is 5.04. The molecule has 8 heteroatoms. The molecule has 2 aromatic rings. The van der Waals surface area contributed by atoms with Crippen molar-refractivity contribution in [2.45, 2.75) is 26.2 Å². The Labute approximate surface area is 181 Å². The maximum Gasteiger partial charge on any atom is 0.308 e. The van der Waals surface area contributed by atoms with E-state index in [-0.39, 0.29) is 41.7 Å². The monoisotopic (exact) mass is 502 g/mol. The molecule has 2 heterocycles. The minimum Gasteiger partial charge on any atom is -0.469 e. The van der Waals surface area contributed by atoms with Gasteiger partial charge in [-0.3, -0.25) is 9.79 Å². The maximum absolute atomic E-state index is 13.5. The van der Waals surface area contributed by atoms with Gasteiger partial charge in [0.05, 0.1) is 13.0 Å². The van der Waals surface area contributed by atoms with Crippen LogP contribution >= 0.6 is 24.0 Å². The number of aromatic amines is 1. The minimum atomic E-state index is -0.228.